The van der Waals surface area contributed by atoms with Gasteiger partial charge in [0.1, 0.15) is 10.9 Å². The zero-order chi connectivity index (χ0) is 11.1. The summed E-state index contributed by atoms with van der Waals surface area (Å²) in [5.74, 6) is 1.30. The number of alkyl halides is 1. The number of hydrogen-bond acceptors (Lipinski definition) is 3. The third-order valence-corrected chi connectivity index (χ3v) is 5.09. The van der Waals surface area contributed by atoms with Crippen molar-refractivity contribution in [2.24, 2.45) is 0 Å². The highest BCUT2D eigenvalue weighted by molar-refractivity contribution is 8.00. The van der Waals surface area contributed by atoms with E-state index in [0.29, 0.717) is 17.0 Å². The summed E-state index contributed by atoms with van der Waals surface area (Å²) >= 11 is 7.49. The molecule has 0 saturated heterocycles. The van der Waals surface area contributed by atoms with Crippen molar-refractivity contribution in [3.05, 3.63) is 21.7 Å². The van der Waals surface area contributed by atoms with Gasteiger partial charge in [-0.1, -0.05) is 12.8 Å². The fraction of sp³-hybridized carbons (Fsp3) is 0.636. The minimum Gasteiger partial charge on any atom is -0.309 e. The van der Waals surface area contributed by atoms with Gasteiger partial charge in [-0.25, -0.2) is 4.98 Å². The van der Waals surface area contributed by atoms with Crippen molar-refractivity contribution in [2.75, 3.05) is 0 Å². The molecule has 0 unspecified atom stereocenters. The van der Waals surface area contributed by atoms with Crippen LogP contribution in [0.1, 0.15) is 43.0 Å². The summed E-state index contributed by atoms with van der Waals surface area (Å²) in [4.78, 5) is 19.2. The zero-order valence-corrected chi connectivity index (χ0v) is 10.4. The summed E-state index contributed by atoms with van der Waals surface area (Å²) in [5.41, 5.74) is 0.950. The monoisotopic (exact) mass is 256 g/mol. The molecule has 2 atom stereocenters. The van der Waals surface area contributed by atoms with E-state index < -0.39 is 0 Å². The second-order valence-electron chi connectivity index (χ2n) is 4.41. The number of hydrogen-bond donors (Lipinski definition) is 1. The molecule has 0 radical (unpaired) electrons. The van der Waals surface area contributed by atoms with Gasteiger partial charge in [-0.2, -0.15) is 0 Å². The van der Waals surface area contributed by atoms with Gasteiger partial charge in [0, 0.05) is 11.2 Å². The minimum atomic E-state index is 0.0301. The van der Waals surface area contributed by atoms with Gasteiger partial charge in [0.25, 0.3) is 5.56 Å². The average molecular weight is 257 g/mol. The van der Waals surface area contributed by atoms with Crippen LogP contribution in [0.2, 0.25) is 0 Å². The van der Waals surface area contributed by atoms with Crippen LogP contribution in [0.3, 0.4) is 0 Å². The average Bonchev–Trinajstić information content (AvgIpc) is 2.67. The number of rotatable bonds is 1. The smallest absolute Gasteiger partial charge is 0.255 e. The van der Waals surface area contributed by atoms with Crippen LogP contribution in [-0.4, -0.2) is 15.2 Å². The lowest BCUT2D eigenvalue weighted by molar-refractivity contribution is 0.457. The van der Waals surface area contributed by atoms with Crippen LogP contribution in [-0.2, 0) is 5.88 Å². The van der Waals surface area contributed by atoms with E-state index in [9.17, 15) is 4.79 Å². The molecule has 1 aromatic heterocycles. The fourth-order valence-electron chi connectivity index (χ4n) is 2.70. The molecule has 0 bridgehead atoms. The summed E-state index contributed by atoms with van der Waals surface area (Å²) in [6.07, 6.45) is 4.86. The van der Waals surface area contributed by atoms with Gasteiger partial charge in [0.15, 0.2) is 0 Å². The van der Waals surface area contributed by atoms with Crippen LogP contribution in [0.25, 0.3) is 0 Å². The predicted octanol–water partition coefficient (Wildman–Crippen LogP) is 2.64. The van der Waals surface area contributed by atoms with Crippen LogP contribution in [0.4, 0.5) is 0 Å². The summed E-state index contributed by atoms with van der Waals surface area (Å²) in [6, 6.07) is 0. The molecule has 0 amide bonds. The number of aromatic nitrogens is 2. The van der Waals surface area contributed by atoms with Crippen LogP contribution < -0.4 is 5.56 Å². The molecule has 1 aliphatic heterocycles. The standard InChI is InChI=1S/C11H13ClN2OS/c12-5-8-13-10(15)9-6-3-1-2-4-7(6)16-11(9)14-8/h6-7H,1-5H2,(H,13,14,15)/t6-,7-/m1/s1. The van der Waals surface area contributed by atoms with E-state index in [1.54, 1.807) is 11.8 Å². The Morgan fingerprint density at radius 1 is 1.44 bits per heavy atom. The summed E-state index contributed by atoms with van der Waals surface area (Å²) in [7, 11) is 0. The molecule has 3 nitrogen and oxygen atoms in total. The lowest BCUT2D eigenvalue weighted by Gasteiger charge is -2.23. The van der Waals surface area contributed by atoms with Crippen molar-refractivity contribution in [3.63, 3.8) is 0 Å². The van der Waals surface area contributed by atoms with E-state index >= 15 is 0 Å². The van der Waals surface area contributed by atoms with Gasteiger partial charge in [-0.15, -0.1) is 23.4 Å². The Kier molecular flexibility index (Phi) is 2.72. The minimum absolute atomic E-state index is 0.0301. The third kappa shape index (κ3) is 1.59. The quantitative estimate of drug-likeness (QED) is 0.621. The van der Waals surface area contributed by atoms with Crippen molar-refractivity contribution in [3.8, 4) is 0 Å². The maximum atomic E-state index is 12.0. The van der Waals surface area contributed by atoms with Gasteiger partial charge in [-0.05, 0) is 12.8 Å². The van der Waals surface area contributed by atoms with E-state index in [1.165, 1.54) is 19.3 Å². The van der Waals surface area contributed by atoms with Crippen LogP contribution in [0.5, 0.6) is 0 Å². The molecule has 2 heterocycles. The molecule has 1 N–H and O–H groups in total. The molecule has 16 heavy (non-hydrogen) atoms. The molecule has 0 aromatic carbocycles. The topological polar surface area (TPSA) is 45.8 Å². The molecule has 1 fully saturated rings. The maximum absolute atomic E-state index is 12.0. The molecule has 3 rings (SSSR count). The maximum Gasteiger partial charge on any atom is 0.255 e. The van der Waals surface area contributed by atoms with Gasteiger partial charge < -0.3 is 4.98 Å². The van der Waals surface area contributed by atoms with Crippen molar-refractivity contribution in [1.82, 2.24) is 9.97 Å². The summed E-state index contributed by atoms with van der Waals surface area (Å²) in [6.45, 7) is 0. The highest BCUT2D eigenvalue weighted by Gasteiger charge is 2.38. The second kappa shape index (κ2) is 4.08. The molecule has 86 valence electrons. The van der Waals surface area contributed by atoms with Gasteiger partial charge in [0.05, 0.1) is 11.4 Å². The van der Waals surface area contributed by atoms with E-state index in [-0.39, 0.29) is 11.4 Å². The number of halogens is 1. The van der Waals surface area contributed by atoms with Crippen LogP contribution in [0, 0.1) is 0 Å². The Morgan fingerprint density at radius 2 is 2.25 bits per heavy atom. The first-order chi connectivity index (χ1) is 7.79. The first-order valence-electron chi connectivity index (χ1n) is 5.65. The van der Waals surface area contributed by atoms with Crippen molar-refractivity contribution < 1.29 is 0 Å². The first kappa shape index (κ1) is 10.7. The van der Waals surface area contributed by atoms with E-state index in [1.807, 2.05) is 0 Å². The fourth-order valence-corrected chi connectivity index (χ4v) is 4.37. The Labute approximate surface area is 103 Å². The highest BCUT2D eigenvalue weighted by atomic mass is 35.5. The van der Waals surface area contributed by atoms with E-state index in [2.05, 4.69) is 9.97 Å². The molecular weight excluding hydrogens is 244 g/mol. The molecule has 2 aliphatic rings. The summed E-state index contributed by atoms with van der Waals surface area (Å²) < 4.78 is 0. The molecule has 1 aromatic rings. The van der Waals surface area contributed by atoms with Gasteiger partial charge in [0.2, 0.25) is 0 Å². The SMILES string of the molecule is O=c1[nH]c(CCl)nc2c1[C@@H]1CCCC[C@H]1S2. The summed E-state index contributed by atoms with van der Waals surface area (Å²) in [5, 5.41) is 1.50. The number of thioether (sulfide) groups is 1. The second-order valence-corrected chi connectivity index (χ2v) is 5.91. The predicted molar refractivity (Wildman–Crippen MR) is 65.3 cm³/mol. The van der Waals surface area contributed by atoms with Gasteiger partial charge >= 0.3 is 0 Å². The number of H-pyrrole nitrogens is 1. The normalized spacial score (nSPS) is 27.6. The largest absolute Gasteiger partial charge is 0.309 e. The Hall–Kier alpha value is -0.480. The molecule has 0 spiro atoms. The Morgan fingerprint density at radius 3 is 3.06 bits per heavy atom. The van der Waals surface area contributed by atoms with Crippen LogP contribution in [0.15, 0.2) is 9.82 Å². The molecule has 1 saturated carbocycles. The number of aromatic amines is 1. The molecular formula is C11H13ClN2OS. The number of nitrogens with zero attached hydrogens (tertiary/aromatic N) is 1. The van der Waals surface area contributed by atoms with E-state index in [4.69, 9.17) is 11.6 Å². The molecule has 5 heteroatoms. The third-order valence-electron chi connectivity index (χ3n) is 3.43. The Balaban J connectivity index is 2.08. The van der Waals surface area contributed by atoms with Crippen molar-refractivity contribution in [1.29, 1.82) is 0 Å². The number of nitrogens with one attached hydrogen (secondary N) is 1. The van der Waals surface area contributed by atoms with Crippen molar-refractivity contribution >= 4 is 23.4 Å². The highest BCUT2D eigenvalue weighted by Crippen LogP contribution is 2.49. The lowest BCUT2D eigenvalue weighted by Crippen LogP contribution is -2.23. The van der Waals surface area contributed by atoms with Crippen LogP contribution >= 0.6 is 23.4 Å². The lowest BCUT2D eigenvalue weighted by atomic mass is 9.85. The van der Waals surface area contributed by atoms with Gasteiger partial charge in [-0.3, -0.25) is 4.79 Å². The zero-order valence-electron chi connectivity index (χ0n) is 8.83. The number of fused-ring (bicyclic) bond motifs is 3. The van der Waals surface area contributed by atoms with E-state index in [0.717, 1.165) is 17.0 Å². The Bertz CT molecular complexity index is 474. The molecule has 1 aliphatic carbocycles. The first-order valence-corrected chi connectivity index (χ1v) is 7.06. The van der Waals surface area contributed by atoms with Crippen molar-refractivity contribution in [2.45, 2.75) is 47.8 Å².